The van der Waals surface area contributed by atoms with Crippen LogP contribution in [0.25, 0.3) is 22.1 Å². The molecular weight excluding hydrogens is 412 g/mol. The number of fused-ring (bicyclic) bond motifs is 5. The third kappa shape index (κ3) is 3.92. The molecule has 1 aromatic heterocycles. The molecule has 174 valence electrons. The van der Waals surface area contributed by atoms with Crippen LogP contribution >= 0.6 is 0 Å². The number of hydrogen-bond donors (Lipinski definition) is 0. The van der Waals surface area contributed by atoms with Crippen molar-refractivity contribution in [2.45, 2.75) is 6.54 Å². The molecule has 0 saturated carbocycles. The predicted octanol–water partition coefficient (Wildman–Crippen LogP) is 1.72. The Morgan fingerprint density at radius 3 is 2.27 bits per heavy atom. The first-order valence-electron chi connectivity index (χ1n) is 12.5. The summed E-state index contributed by atoms with van der Waals surface area (Å²) in [5.41, 5.74) is 7.15. The fourth-order valence-electron chi connectivity index (χ4n) is 5.82. The fraction of sp³-hybridized carbons (Fsp3) is 0.538. The number of quaternary nitrogens is 1. The molecule has 3 aromatic rings. The SMILES string of the molecule is CN(C)c1ccc2nc3ccc(N4CCOCC4)cc3[n+](CC[N+]34CCN(CC3)CC4)c2c1. The van der Waals surface area contributed by atoms with Crippen molar-refractivity contribution < 1.29 is 13.8 Å². The van der Waals surface area contributed by atoms with Gasteiger partial charge in [0.25, 0.3) is 0 Å². The van der Waals surface area contributed by atoms with Gasteiger partial charge in [0.15, 0.2) is 6.54 Å². The summed E-state index contributed by atoms with van der Waals surface area (Å²) in [4.78, 5) is 12.3. The molecule has 7 heteroatoms. The van der Waals surface area contributed by atoms with Crippen molar-refractivity contribution in [1.82, 2.24) is 9.88 Å². The predicted molar refractivity (Wildman–Crippen MR) is 133 cm³/mol. The Morgan fingerprint density at radius 2 is 1.58 bits per heavy atom. The molecule has 0 aliphatic carbocycles. The highest BCUT2D eigenvalue weighted by Crippen LogP contribution is 2.25. The van der Waals surface area contributed by atoms with Crippen molar-refractivity contribution in [3.63, 3.8) is 0 Å². The van der Waals surface area contributed by atoms with Gasteiger partial charge in [0, 0.05) is 70.3 Å². The van der Waals surface area contributed by atoms with E-state index in [-0.39, 0.29) is 0 Å². The maximum Gasteiger partial charge on any atom is 0.233 e. The average molecular weight is 449 g/mol. The van der Waals surface area contributed by atoms with Gasteiger partial charge in [-0.1, -0.05) is 0 Å². The molecule has 0 spiro atoms. The van der Waals surface area contributed by atoms with E-state index in [1.165, 1.54) is 72.7 Å². The summed E-state index contributed by atoms with van der Waals surface area (Å²) in [5, 5.41) is 0. The Labute approximate surface area is 196 Å². The van der Waals surface area contributed by atoms with E-state index >= 15 is 0 Å². The second-order valence-corrected chi connectivity index (χ2v) is 10.2. The summed E-state index contributed by atoms with van der Waals surface area (Å²) in [7, 11) is 4.23. The van der Waals surface area contributed by atoms with E-state index in [2.05, 4.69) is 69.8 Å². The molecule has 4 aliphatic heterocycles. The zero-order chi connectivity index (χ0) is 22.4. The molecule has 0 radical (unpaired) electrons. The molecule has 0 atom stereocenters. The molecule has 2 aromatic carbocycles. The van der Waals surface area contributed by atoms with Crippen molar-refractivity contribution in [3.05, 3.63) is 36.4 Å². The van der Waals surface area contributed by atoms with Crippen LogP contribution in [0.2, 0.25) is 0 Å². The quantitative estimate of drug-likeness (QED) is 0.338. The van der Waals surface area contributed by atoms with E-state index in [1.54, 1.807) is 0 Å². The molecule has 4 fully saturated rings. The smallest absolute Gasteiger partial charge is 0.233 e. The normalized spacial score (nSPS) is 25.2. The zero-order valence-corrected chi connectivity index (χ0v) is 20.0. The van der Waals surface area contributed by atoms with Gasteiger partial charge in [-0.25, -0.2) is 4.98 Å². The number of morpholine rings is 1. The molecular formula is C26H36N6O+2. The first kappa shape index (κ1) is 21.1. The average Bonchev–Trinajstić information content (AvgIpc) is 2.87. The highest BCUT2D eigenvalue weighted by Gasteiger charge is 2.39. The molecule has 5 heterocycles. The lowest BCUT2D eigenvalue weighted by Gasteiger charge is -2.50. The van der Waals surface area contributed by atoms with E-state index in [9.17, 15) is 0 Å². The number of anilines is 2. The number of rotatable bonds is 5. The number of ether oxygens (including phenoxy) is 1. The number of nitrogens with zero attached hydrogens (tertiary/aromatic N) is 6. The first-order valence-corrected chi connectivity index (χ1v) is 12.5. The van der Waals surface area contributed by atoms with Crippen LogP contribution in [-0.4, -0.2) is 101 Å². The monoisotopic (exact) mass is 448 g/mol. The van der Waals surface area contributed by atoms with E-state index in [0.717, 1.165) is 43.9 Å². The zero-order valence-electron chi connectivity index (χ0n) is 20.0. The van der Waals surface area contributed by atoms with Gasteiger partial charge in [0.1, 0.15) is 17.6 Å². The third-order valence-corrected chi connectivity index (χ3v) is 8.10. The number of aromatic nitrogens is 2. The van der Waals surface area contributed by atoms with Gasteiger partial charge in [0.05, 0.1) is 32.8 Å². The Balaban J connectivity index is 1.45. The van der Waals surface area contributed by atoms with Gasteiger partial charge in [-0.3, -0.25) is 4.90 Å². The van der Waals surface area contributed by atoms with Crippen molar-refractivity contribution in [3.8, 4) is 0 Å². The van der Waals surface area contributed by atoms with Gasteiger partial charge in [-0.2, -0.15) is 4.57 Å². The summed E-state index contributed by atoms with van der Waals surface area (Å²) in [6.45, 7) is 13.4. The second-order valence-electron chi connectivity index (χ2n) is 10.2. The van der Waals surface area contributed by atoms with Gasteiger partial charge >= 0.3 is 0 Å². The largest absolute Gasteiger partial charge is 0.378 e. The van der Waals surface area contributed by atoms with Crippen molar-refractivity contribution in [2.75, 3.05) is 96.0 Å². The molecule has 2 bridgehead atoms. The summed E-state index contributed by atoms with van der Waals surface area (Å²) in [5.74, 6) is 0. The lowest BCUT2D eigenvalue weighted by Crippen LogP contribution is -2.68. The van der Waals surface area contributed by atoms with E-state index in [1.807, 2.05) is 0 Å². The highest BCUT2D eigenvalue weighted by atomic mass is 16.5. The van der Waals surface area contributed by atoms with Crippen LogP contribution in [0.5, 0.6) is 0 Å². The fourth-order valence-corrected chi connectivity index (χ4v) is 5.82. The molecule has 0 N–H and O–H groups in total. The molecule has 33 heavy (non-hydrogen) atoms. The second kappa shape index (κ2) is 8.38. The summed E-state index contributed by atoms with van der Waals surface area (Å²) < 4.78 is 9.42. The van der Waals surface area contributed by atoms with Crippen LogP contribution in [0, 0.1) is 0 Å². The highest BCUT2D eigenvalue weighted by molar-refractivity contribution is 5.85. The van der Waals surface area contributed by atoms with Crippen LogP contribution < -0.4 is 14.4 Å². The number of piperazine rings is 3. The Kier molecular flexibility index (Phi) is 5.35. The van der Waals surface area contributed by atoms with Crippen LogP contribution in [0.15, 0.2) is 36.4 Å². The molecule has 7 nitrogen and oxygen atoms in total. The molecule has 0 unspecified atom stereocenters. The molecule has 4 aliphatic rings. The van der Waals surface area contributed by atoms with Gasteiger partial charge < -0.3 is 19.0 Å². The van der Waals surface area contributed by atoms with E-state index < -0.39 is 0 Å². The topological polar surface area (TPSA) is 35.7 Å². The molecule has 7 rings (SSSR count). The van der Waals surface area contributed by atoms with Crippen LogP contribution in [-0.2, 0) is 11.3 Å². The minimum absolute atomic E-state index is 0.803. The minimum atomic E-state index is 0.803. The Morgan fingerprint density at radius 1 is 0.909 bits per heavy atom. The van der Waals surface area contributed by atoms with Gasteiger partial charge in [-0.15, -0.1) is 0 Å². The molecule has 0 amide bonds. The maximum absolute atomic E-state index is 5.59. The van der Waals surface area contributed by atoms with Crippen molar-refractivity contribution in [1.29, 1.82) is 0 Å². The lowest BCUT2D eigenvalue weighted by atomic mass is 10.1. The van der Waals surface area contributed by atoms with Gasteiger partial charge in [0.2, 0.25) is 11.0 Å². The lowest BCUT2D eigenvalue weighted by molar-refractivity contribution is -0.953. The Hall–Kier alpha value is -2.48. The van der Waals surface area contributed by atoms with E-state index in [4.69, 9.17) is 9.72 Å². The van der Waals surface area contributed by atoms with Gasteiger partial charge in [-0.05, 0) is 24.3 Å². The number of hydrogen-bond acceptors (Lipinski definition) is 5. The molecule has 4 saturated heterocycles. The summed E-state index contributed by atoms with van der Waals surface area (Å²) >= 11 is 0. The van der Waals surface area contributed by atoms with Crippen LogP contribution in [0.4, 0.5) is 11.4 Å². The third-order valence-electron chi connectivity index (χ3n) is 8.10. The summed E-state index contributed by atoms with van der Waals surface area (Å²) in [6.07, 6.45) is 0. The minimum Gasteiger partial charge on any atom is -0.378 e. The first-order chi connectivity index (χ1) is 16.1. The maximum atomic E-state index is 5.59. The standard InChI is InChI=1S/C26H36N6O/c1-28(2)21-3-5-23-25(19-21)31(10-16-32-13-7-29(8-14-32)9-15-32)26-20-22(4-6-24(26)27-23)30-11-17-33-18-12-30/h3-6,19-20H,7-18H2,1-2H3/q+2. The van der Waals surface area contributed by atoms with Crippen LogP contribution in [0.1, 0.15) is 0 Å². The van der Waals surface area contributed by atoms with Crippen molar-refractivity contribution >= 4 is 33.4 Å². The van der Waals surface area contributed by atoms with Crippen LogP contribution in [0.3, 0.4) is 0 Å². The van der Waals surface area contributed by atoms with Crippen molar-refractivity contribution in [2.24, 2.45) is 0 Å². The Bertz CT molecular complexity index is 1150. The number of benzene rings is 2. The van der Waals surface area contributed by atoms with E-state index in [0.29, 0.717) is 0 Å². The summed E-state index contributed by atoms with van der Waals surface area (Å²) in [6, 6.07) is 13.5.